The average molecular weight is 971 g/mol. The Hall–Kier alpha value is -0.830. The number of ether oxygens (including phenoxy) is 1. The van der Waals surface area contributed by atoms with Crippen molar-refractivity contribution in [2.24, 2.45) is 0 Å². The van der Waals surface area contributed by atoms with Crippen LogP contribution in [-0.4, -0.2) is 99.9 Å². The molecule has 3 fully saturated rings. The second-order valence-electron chi connectivity index (χ2n) is 14.2. The van der Waals surface area contributed by atoms with Crippen molar-refractivity contribution in [3.8, 4) is 0 Å². The molecule has 3 aliphatic heterocycles. The van der Waals surface area contributed by atoms with Gasteiger partial charge >= 0.3 is 87.2 Å². The maximum absolute atomic E-state index is 12.5. The van der Waals surface area contributed by atoms with Crippen molar-refractivity contribution in [3.63, 3.8) is 0 Å². The van der Waals surface area contributed by atoms with Crippen molar-refractivity contribution < 1.29 is 151 Å². The van der Waals surface area contributed by atoms with Gasteiger partial charge in [0, 0.05) is 68.1 Å². The van der Waals surface area contributed by atoms with Crippen LogP contribution in [-0.2, 0) is 46.0 Å². The number of phosphoric acid groups is 3. The predicted octanol–water partition coefficient (Wildman–Crippen LogP) is -14.3. The fraction of sp³-hybridized carbons (Fsp3) is 0.688. The second-order valence-corrected chi connectivity index (χ2v) is 19.7. The van der Waals surface area contributed by atoms with Gasteiger partial charge in [-0.3, -0.25) is 32.4 Å². The Morgan fingerprint density at radius 2 is 1.51 bits per heavy atom. The van der Waals surface area contributed by atoms with Crippen molar-refractivity contribution in [2.75, 3.05) is 37.7 Å². The number of aliphatic hydroxyl groups excluding tert-OH is 1. The number of phosphoric ester groups is 1. The molecule has 3 aliphatic rings. The van der Waals surface area contributed by atoms with Gasteiger partial charge in [-0.2, -0.15) is 16.7 Å². The number of thioether (sulfide) groups is 1. The van der Waals surface area contributed by atoms with Crippen molar-refractivity contribution in [1.82, 2.24) is 36.1 Å². The van der Waals surface area contributed by atoms with E-state index in [-0.39, 0.29) is 142 Å². The number of carbonyl (C=O) groups excluding carboxylic acids is 4. The van der Waals surface area contributed by atoms with Crippen molar-refractivity contribution in [3.05, 3.63) is 28.3 Å². The molecule has 1 aromatic heterocycles. The Labute approximate surface area is 427 Å². The van der Waals surface area contributed by atoms with Gasteiger partial charge < -0.3 is 70.8 Å². The van der Waals surface area contributed by atoms with Gasteiger partial charge in [0.15, 0.2) is 0 Å². The molecule has 5 amide bonds. The Morgan fingerprint density at radius 3 is 2.17 bits per heavy atom. The van der Waals surface area contributed by atoms with E-state index in [0.29, 0.717) is 44.0 Å². The zero-order chi connectivity index (χ0) is 44.8. The van der Waals surface area contributed by atoms with Gasteiger partial charge in [-0.15, -0.1) is 0 Å². The molecule has 0 radical (unpaired) electrons. The van der Waals surface area contributed by atoms with Crippen LogP contribution < -0.4 is 133 Å². The van der Waals surface area contributed by atoms with E-state index >= 15 is 0 Å². The van der Waals surface area contributed by atoms with Gasteiger partial charge in [-0.1, -0.05) is 25.0 Å². The number of amides is 5. The SMILES string of the molecule is Nc1nc(=O)n(C2CC(O)C(COP(=O)([O-])OP(=O)([O-])OP(=O)([O-])[O-])O2)cc1C=CCNC(=O)CCCNC(=O)CCCCCNC(=O)CCCCC1SCC2NC(=O)NC21.[Li+].[Li+].[Li+].[Li+]. The number of unbranched alkanes of at least 4 members (excludes halogenated alkanes) is 3. The van der Waals surface area contributed by atoms with E-state index in [1.807, 2.05) is 11.8 Å². The summed E-state index contributed by atoms with van der Waals surface area (Å²) in [4.78, 5) is 108. The summed E-state index contributed by atoms with van der Waals surface area (Å²) in [6.45, 7) is -0.159. The molecule has 4 heterocycles. The Bertz CT molecular complexity index is 1960. The molecule has 4 rings (SSSR count). The fourth-order valence-electron chi connectivity index (χ4n) is 6.51. The first kappa shape index (κ1) is 64.2. The van der Waals surface area contributed by atoms with E-state index in [1.165, 1.54) is 18.3 Å². The van der Waals surface area contributed by atoms with E-state index in [1.54, 1.807) is 0 Å². The van der Waals surface area contributed by atoms with E-state index in [9.17, 15) is 62.3 Å². The number of fused-ring (bicyclic) bond motifs is 1. The molecule has 8 unspecified atom stereocenters. The van der Waals surface area contributed by atoms with Crippen molar-refractivity contribution in [1.29, 1.82) is 0 Å². The number of hydrogen-bond acceptors (Lipinski definition) is 20. The first-order valence-corrected chi connectivity index (χ1v) is 24.7. The van der Waals surface area contributed by atoms with Gasteiger partial charge in [0.1, 0.15) is 18.1 Å². The Morgan fingerprint density at radius 1 is 0.892 bits per heavy atom. The molecule has 0 aromatic carbocycles. The monoisotopic (exact) mass is 970 g/mol. The number of rotatable bonds is 26. The number of nitrogens with two attached hydrogens (primary N) is 1. The third-order valence-corrected chi connectivity index (χ3v) is 14.6. The zero-order valence-corrected chi connectivity index (χ0v) is 40.2. The summed E-state index contributed by atoms with van der Waals surface area (Å²) in [6.07, 6.45) is 5.85. The fourth-order valence-corrected chi connectivity index (χ4v) is 10.9. The summed E-state index contributed by atoms with van der Waals surface area (Å²) < 4.78 is 50.9. The third kappa shape index (κ3) is 23.6. The van der Waals surface area contributed by atoms with Gasteiger partial charge in [0.2, 0.25) is 17.7 Å². The molecule has 3 saturated heterocycles. The van der Waals surface area contributed by atoms with Crippen LogP contribution in [0.15, 0.2) is 17.1 Å². The van der Waals surface area contributed by atoms with Gasteiger partial charge in [-0.25, -0.2) is 13.9 Å². The van der Waals surface area contributed by atoms with E-state index < -0.39 is 54.2 Å². The van der Waals surface area contributed by atoms with Gasteiger partial charge in [0.25, 0.3) is 15.6 Å². The second kappa shape index (κ2) is 30.7. The number of aliphatic hydroxyl groups is 1. The molecule has 25 nitrogen and oxygen atoms in total. The minimum Gasteiger partial charge on any atom is -0.790 e. The average Bonchev–Trinajstić information content (AvgIpc) is 3.83. The summed E-state index contributed by atoms with van der Waals surface area (Å²) in [6, 6.07) is 0.261. The number of hydrogen-bond donors (Lipinski definition) is 7. The van der Waals surface area contributed by atoms with Crippen LogP contribution >= 0.6 is 35.2 Å². The van der Waals surface area contributed by atoms with Crippen LogP contribution in [0.5, 0.6) is 0 Å². The standard InChI is InChI=1S/C32H53N8O17P3S.4Li/c33-30-20(17-40(32(46)39-30)28-16-22(41)23(55-28)18-54-59(50,51)57-60(52,53)56-58(47,48)49)8-6-14-35-27(44)12-7-15-36-25(42)10-2-1-5-13-34-26(43)11-4-3-9-24-29-21(19-61-24)37-31(45)38-29;;;;/h6,8,17,21-24,28-29,41H,1-5,7,9-16,18-19H2,(H,34,43)(H,35,44)(H,36,42)(H,50,51)(H,52,53)(H2,33,39,46)(H2,37,38,45)(H2,47,48,49);;;;/q;4*+1/p-4. The molecular formula is C32H49Li4N8O17P3S. The van der Waals surface area contributed by atoms with Crippen LogP contribution in [0.1, 0.15) is 82.4 Å². The molecule has 344 valence electrons. The minimum atomic E-state index is -6.20. The number of urea groups is 1. The molecular weight excluding hydrogens is 921 g/mol. The summed E-state index contributed by atoms with van der Waals surface area (Å²) in [5.41, 5.74) is 5.15. The van der Waals surface area contributed by atoms with Crippen molar-refractivity contribution >= 4 is 70.9 Å². The summed E-state index contributed by atoms with van der Waals surface area (Å²) in [7, 11) is -18.2. The maximum Gasteiger partial charge on any atom is 1.00 e. The van der Waals surface area contributed by atoms with Crippen LogP contribution in [0.25, 0.3) is 6.08 Å². The molecule has 0 bridgehead atoms. The topological polar surface area (TPSA) is 390 Å². The molecule has 8 atom stereocenters. The molecule has 65 heavy (non-hydrogen) atoms. The molecule has 0 saturated carbocycles. The Balaban J connectivity index is 0.0000102. The largest absolute Gasteiger partial charge is 1.00 e. The van der Waals surface area contributed by atoms with Gasteiger partial charge in [0.05, 0.1) is 32.6 Å². The number of nitrogen functional groups attached to an aromatic ring is 1. The number of nitrogens with zero attached hydrogens (tertiary/aromatic N) is 2. The van der Waals surface area contributed by atoms with Crippen LogP contribution in [0.2, 0.25) is 0 Å². The van der Waals surface area contributed by atoms with E-state index in [4.69, 9.17) is 10.5 Å². The summed E-state index contributed by atoms with van der Waals surface area (Å²) in [5.74, 6) is 0.299. The number of anilines is 1. The molecule has 1 aromatic rings. The number of carbonyl (C=O) groups is 4. The third-order valence-electron chi connectivity index (χ3n) is 9.42. The van der Waals surface area contributed by atoms with Crippen LogP contribution in [0.3, 0.4) is 0 Å². The molecule has 8 N–H and O–H groups in total. The van der Waals surface area contributed by atoms with E-state index in [2.05, 4.69) is 44.7 Å². The number of aromatic nitrogens is 2. The van der Waals surface area contributed by atoms with Crippen LogP contribution in [0.4, 0.5) is 10.6 Å². The summed E-state index contributed by atoms with van der Waals surface area (Å²) in [5, 5.41) is 25.0. The number of nitrogens with one attached hydrogen (secondary N) is 5. The molecule has 33 heteroatoms. The first-order chi connectivity index (χ1) is 28.7. The Kier molecular flexibility index (Phi) is 30.3. The smallest absolute Gasteiger partial charge is 0.790 e. The van der Waals surface area contributed by atoms with Gasteiger partial charge in [-0.05, 0) is 32.1 Å². The van der Waals surface area contributed by atoms with Crippen LogP contribution in [0, 0.1) is 0 Å². The zero-order valence-electron chi connectivity index (χ0n) is 36.7. The predicted molar refractivity (Wildman–Crippen MR) is 208 cm³/mol. The quantitative estimate of drug-likeness (QED) is 0.0196. The summed E-state index contributed by atoms with van der Waals surface area (Å²) >= 11 is 1.86. The maximum atomic E-state index is 12.5. The van der Waals surface area contributed by atoms with Crippen molar-refractivity contribution in [2.45, 2.75) is 106 Å². The van der Waals surface area contributed by atoms with E-state index in [0.717, 1.165) is 42.4 Å². The first-order valence-electron chi connectivity index (χ1n) is 19.3. The normalized spacial score (nSPS) is 22.9. The minimum absolute atomic E-state index is 0. The molecule has 0 aliphatic carbocycles. The molecule has 0 spiro atoms.